The Labute approximate surface area is 125 Å². The fourth-order valence-corrected chi connectivity index (χ4v) is 5.39. The van der Waals surface area contributed by atoms with E-state index in [0.717, 1.165) is 25.7 Å². The molecule has 2 atom stereocenters. The zero-order valence-electron chi connectivity index (χ0n) is 12.1. The lowest BCUT2D eigenvalue weighted by Gasteiger charge is -2.36. The molecule has 1 aromatic carbocycles. The normalized spacial score (nSPS) is 29.0. The molecule has 0 aromatic heterocycles. The van der Waals surface area contributed by atoms with Gasteiger partial charge in [0, 0.05) is 24.7 Å². The Kier molecular flexibility index (Phi) is 4.03. The summed E-state index contributed by atoms with van der Waals surface area (Å²) in [7, 11) is -3.77. The molecule has 21 heavy (non-hydrogen) atoms. The van der Waals surface area contributed by atoms with Gasteiger partial charge in [-0.15, -0.1) is 0 Å². The minimum atomic E-state index is -3.77. The van der Waals surface area contributed by atoms with E-state index < -0.39 is 15.8 Å². The summed E-state index contributed by atoms with van der Waals surface area (Å²) >= 11 is 0. The number of rotatable bonds is 4. The molecule has 2 heterocycles. The second-order valence-electron chi connectivity index (χ2n) is 5.90. The largest absolute Gasteiger partial charge is 0.311 e. The SMILES string of the molecule is CCN(C1CC2CCC(C1)N2)S(=O)(=O)c1ccccc1F. The van der Waals surface area contributed by atoms with Gasteiger partial charge < -0.3 is 5.32 Å². The molecule has 2 aliphatic rings. The van der Waals surface area contributed by atoms with Crippen molar-refractivity contribution in [3.8, 4) is 0 Å². The van der Waals surface area contributed by atoms with E-state index in [1.165, 1.54) is 22.5 Å². The van der Waals surface area contributed by atoms with Gasteiger partial charge >= 0.3 is 0 Å². The van der Waals surface area contributed by atoms with Crippen LogP contribution in [0.25, 0.3) is 0 Å². The topological polar surface area (TPSA) is 49.4 Å². The molecule has 0 saturated carbocycles. The van der Waals surface area contributed by atoms with E-state index in [0.29, 0.717) is 18.6 Å². The Morgan fingerprint density at radius 3 is 2.43 bits per heavy atom. The van der Waals surface area contributed by atoms with Crippen molar-refractivity contribution in [2.75, 3.05) is 6.54 Å². The van der Waals surface area contributed by atoms with Crippen LogP contribution in [0.3, 0.4) is 0 Å². The van der Waals surface area contributed by atoms with Crippen molar-refractivity contribution < 1.29 is 12.8 Å². The fourth-order valence-electron chi connectivity index (χ4n) is 3.67. The summed E-state index contributed by atoms with van der Waals surface area (Å²) in [6, 6.07) is 6.40. The van der Waals surface area contributed by atoms with Crippen LogP contribution in [0.5, 0.6) is 0 Å². The van der Waals surface area contributed by atoms with E-state index in [1.54, 1.807) is 6.07 Å². The molecule has 2 saturated heterocycles. The molecule has 3 rings (SSSR count). The maximum atomic E-state index is 13.9. The summed E-state index contributed by atoms with van der Waals surface area (Å²) < 4.78 is 40.9. The minimum absolute atomic E-state index is 0.0293. The number of hydrogen-bond donors (Lipinski definition) is 1. The molecular weight excluding hydrogens is 291 g/mol. The molecule has 2 fully saturated rings. The average molecular weight is 312 g/mol. The Morgan fingerprint density at radius 1 is 1.24 bits per heavy atom. The Morgan fingerprint density at radius 2 is 1.86 bits per heavy atom. The van der Waals surface area contributed by atoms with Gasteiger partial charge in [0.15, 0.2) is 0 Å². The first-order valence-corrected chi connectivity index (χ1v) is 8.98. The molecule has 2 unspecified atom stereocenters. The van der Waals surface area contributed by atoms with E-state index in [1.807, 2.05) is 6.92 Å². The predicted molar refractivity (Wildman–Crippen MR) is 78.9 cm³/mol. The number of nitrogens with zero attached hydrogens (tertiary/aromatic N) is 1. The molecule has 4 nitrogen and oxygen atoms in total. The van der Waals surface area contributed by atoms with Crippen LogP contribution in [0, 0.1) is 5.82 Å². The number of fused-ring (bicyclic) bond motifs is 2. The highest BCUT2D eigenvalue weighted by Crippen LogP contribution is 2.32. The smallest absolute Gasteiger partial charge is 0.246 e. The van der Waals surface area contributed by atoms with Crippen LogP contribution >= 0.6 is 0 Å². The molecule has 0 amide bonds. The van der Waals surface area contributed by atoms with Gasteiger partial charge in [0.2, 0.25) is 10.0 Å². The standard InChI is InChI=1S/C15H21FN2O2S/c1-2-18(13-9-11-7-8-12(10-13)17-11)21(19,20)15-6-4-3-5-14(15)16/h3-6,11-13,17H,2,7-10H2,1H3. The van der Waals surface area contributed by atoms with Crippen LogP contribution < -0.4 is 5.32 Å². The van der Waals surface area contributed by atoms with Crippen LogP contribution in [0.2, 0.25) is 0 Å². The first-order valence-electron chi connectivity index (χ1n) is 7.54. The second kappa shape index (κ2) is 5.66. The summed E-state index contributed by atoms with van der Waals surface area (Å²) in [5.41, 5.74) is 0. The quantitative estimate of drug-likeness (QED) is 0.926. The monoisotopic (exact) mass is 312 g/mol. The summed E-state index contributed by atoms with van der Waals surface area (Å²) in [5.74, 6) is -0.673. The van der Waals surface area contributed by atoms with E-state index in [2.05, 4.69) is 5.32 Å². The van der Waals surface area contributed by atoms with Crippen molar-refractivity contribution in [3.63, 3.8) is 0 Å². The Balaban J connectivity index is 1.90. The molecule has 6 heteroatoms. The van der Waals surface area contributed by atoms with E-state index in [-0.39, 0.29) is 10.9 Å². The number of sulfonamides is 1. The second-order valence-corrected chi connectivity index (χ2v) is 7.76. The van der Waals surface area contributed by atoms with Crippen molar-refractivity contribution in [1.82, 2.24) is 9.62 Å². The number of hydrogen-bond acceptors (Lipinski definition) is 3. The molecule has 0 spiro atoms. The lowest BCUT2D eigenvalue weighted by molar-refractivity contribution is 0.232. The van der Waals surface area contributed by atoms with Gasteiger partial charge in [-0.05, 0) is 37.8 Å². The fraction of sp³-hybridized carbons (Fsp3) is 0.600. The highest BCUT2D eigenvalue weighted by molar-refractivity contribution is 7.89. The van der Waals surface area contributed by atoms with Crippen LogP contribution in [0.4, 0.5) is 4.39 Å². The van der Waals surface area contributed by atoms with E-state index >= 15 is 0 Å². The maximum absolute atomic E-state index is 13.9. The van der Waals surface area contributed by atoms with Crippen LogP contribution in [-0.4, -0.2) is 37.4 Å². The van der Waals surface area contributed by atoms with Crippen LogP contribution in [0.15, 0.2) is 29.2 Å². The van der Waals surface area contributed by atoms with Gasteiger partial charge in [0.05, 0.1) is 0 Å². The highest BCUT2D eigenvalue weighted by atomic mass is 32.2. The van der Waals surface area contributed by atoms with Gasteiger partial charge in [-0.1, -0.05) is 19.1 Å². The van der Waals surface area contributed by atoms with Gasteiger partial charge in [-0.25, -0.2) is 12.8 Å². The van der Waals surface area contributed by atoms with Crippen LogP contribution in [0.1, 0.15) is 32.6 Å². The first-order chi connectivity index (χ1) is 10.0. The zero-order valence-corrected chi connectivity index (χ0v) is 12.9. The van der Waals surface area contributed by atoms with Crippen molar-refractivity contribution >= 4 is 10.0 Å². The Bertz CT molecular complexity index is 608. The number of nitrogens with one attached hydrogen (secondary N) is 1. The molecule has 116 valence electrons. The molecule has 0 aliphatic carbocycles. The van der Waals surface area contributed by atoms with Crippen molar-refractivity contribution in [2.45, 2.75) is 55.6 Å². The zero-order chi connectivity index (χ0) is 15.0. The summed E-state index contributed by atoms with van der Waals surface area (Å²) in [4.78, 5) is -0.210. The number of piperidine rings is 1. The predicted octanol–water partition coefficient (Wildman–Crippen LogP) is 2.12. The third-order valence-corrected chi connectivity index (χ3v) is 6.65. The van der Waals surface area contributed by atoms with Crippen LogP contribution in [-0.2, 0) is 10.0 Å². The van der Waals surface area contributed by atoms with Crippen molar-refractivity contribution in [2.24, 2.45) is 0 Å². The third-order valence-electron chi connectivity index (χ3n) is 4.59. The lowest BCUT2D eigenvalue weighted by Crippen LogP contribution is -2.50. The molecule has 2 bridgehead atoms. The number of halogens is 1. The number of benzene rings is 1. The Hall–Kier alpha value is -0.980. The average Bonchev–Trinajstić information content (AvgIpc) is 2.78. The molecule has 1 N–H and O–H groups in total. The van der Waals surface area contributed by atoms with Gasteiger partial charge in [0.25, 0.3) is 0 Å². The highest BCUT2D eigenvalue weighted by Gasteiger charge is 2.40. The minimum Gasteiger partial charge on any atom is -0.311 e. The van der Waals surface area contributed by atoms with Gasteiger partial charge in [-0.2, -0.15) is 4.31 Å². The van der Waals surface area contributed by atoms with Gasteiger partial charge in [-0.3, -0.25) is 0 Å². The van der Waals surface area contributed by atoms with E-state index in [9.17, 15) is 12.8 Å². The summed E-state index contributed by atoms with van der Waals surface area (Å²) in [5, 5.41) is 3.51. The molecular formula is C15H21FN2O2S. The third kappa shape index (κ3) is 2.72. The summed E-state index contributed by atoms with van der Waals surface area (Å²) in [6.45, 7) is 2.20. The molecule has 1 aromatic rings. The van der Waals surface area contributed by atoms with E-state index in [4.69, 9.17) is 0 Å². The molecule has 0 radical (unpaired) electrons. The summed E-state index contributed by atoms with van der Waals surface area (Å²) in [6.07, 6.45) is 3.85. The van der Waals surface area contributed by atoms with Gasteiger partial charge in [0.1, 0.15) is 10.7 Å². The van der Waals surface area contributed by atoms with Crippen molar-refractivity contribution in [1.29, 1.82) is 0 Å². The molecule has 2 aliphatic heterocycles. The lowest BCUT2D eigenvalue weighted by atomic mass is 10.00. The van der Waals surface area contributed by atoms with Crippen molar-refractivity contribution in [3.05, 3.63) is 30.1 Å². The first kappa shape index (κ1) is 14.9. The maximum Gasteiger partial charge on any atom is 0.246 e.